The molecule has 1 aromatic heterocycles. The second kappa shape index (κ2) is 8.67. The van der Waals surface area contributed by atoms with Crippen LogP contribution in [0.4, 0.5) is 5.13 Å². The second-order valence-corrected chi connectivity index (χ2v) is 8.56. The van der Waals surface area contributed by atoms with Crippen molar-refractivity contribution in [2.45, 2.75) is 32.5 Å². The molecule has 3 atom stereocenters. The number of carbonyl (C=O) groups is 1. The summed E-state index contributed by atoms with van der Waals surface area (Å²) in [4.78, 5) is 18.9. The molecule has 1 fully saturated rings. The minimum atomic E-state index is -0.0250. The first-order valence-electron chi connectivity index (χ1n) is 8.57. The SMILES string of the molecule is C[C@@H]1C[NH+](CC(=O)Nc2ncc(Cc3cccc(Cl)c3Cl)s2)C[C@H](C)O1. The molecule has 2 aromatic rings. The number of thiazole rings is 1. The highest BCUT2D eigenvalue weighted by atomic mass is 35.5. The van der Waals surface area contributed by atoms with Crippen molar-refractivity contribution in [2.75, 3.05) is 25.0 Å². The number of benzene rings is 1. The highest BCUT2D eigenvalue weighted by molar-refractivity contribution is 7.15. The fraction of sp³-hybridized carbons (Fsp3) is 0.444. The molecule has 5 nitrogen and oxygen atoms in total. The molecule has 0 aliphatic carbocycles. The van der Waals surface area contributed by atoms with Gasteiger partial charge in [-0.2, -0.15) is 0 Å². The van der Waals surface area contributed by atoms with Crippen LogP contribution < -0.4 is 10.2 Å². The molecule has 0 bridgehead atoms. The third-order valence-corrected chi connectivity index (χ3v) is 5.99. The van der Waals surface area contributed by atoms with Crippen LogP contribution in [0, 0.1) is 0 Å². The summed E-state index contributed by atoms with van der Waals surface area (Å²) < 4.78 is 5.71. The first kappa shape index (κ1) is 19.6. The molecule has 3 rings (SSSR count). The molecule has 1 aliphatic heterocycles. The van der Waals surface area contributed by atoms with Crippen molar-refractivity contribution in [1.82, 2.24) is 4.98 Å². The van der Waals surface area contributed by atoms with Crippen LogP contribution in [-0.2, 0) is 16.0 Å². The van der Waals surface area contributed by atoms with Crippen molar-refractivity contribution in [3.63, 3.8) is 0 Å². The highest BCUT2D eigenvalue weighted by Gasteiger charge is 2.27. The second-order valence-electron chi connectivity index (χ2n) is 6.66. The number of amides is 1. The Morgan fingerprint density at radius 1 is 1.35 bits per heavy atom. The number of anilines is 1. The van der Waals surface area contributed by atoms with Gasteiger partial charge in [0.1, 0.15) is 25.3 Å². The topological polar surface area (TPSA) is 55.7 Å². The third kappa shape index (κ3) is 5.18. The lowest BCUT2D eigenvalue weighted by molar-refractivity contribution is -0.907. The molecule has 1 amide bonds. The van der Waals surface area contributed by atoms with Gasteiger partial charge in [-0.1, -0.05) is 35.3 Å². The third-order valence-electron chi connectivity index (χ3n) is 4.22. The van der Waals surface area contributed by atoms with E-state index in [9.17, 15) is 4.79 Å². The van der Waals surface area contributed by atoms with Gasteiger partial charge >= 0.3 is 0 Å². The Hall–Kier alpha value is -1.18. The maximum absolute atomic E-state index is 12.3. The molecule has 26 heavy (non-hydrogen) atoms. The van der Waals surface area contributed by atoms with Crippen LogP contribution in [0.3, 0.4) is 0 Å². The monoisotopic (exact) mass is 414 g/mol. The Labute approximate surface area is 167 Å². The van der Waals surface area contributed by atoms with Gasteiger partial charge < -0.3 is 9.64 Å². The lowest BCUT2D eigenvalue weighted by Gasteiger charge is -2.31. The first-order valence-corrected chi connectivity index (χ1v) is 10.1. The lowest BCUT2D eigenvalue weighted by atomic mass is 10.1. The summed E-state index contributed by atoms with van der Waals surface area (Å²) >= 11 is 13.7. The number of rotatable bonds is 5. The largest absolute Gasteiger partial charge is 0.364 e. The predicted molar refractivity (Wildman–Crippen MR) is 106 cm³/mol. The molecule has 0 spiro atoms. The molecular weight excluding hydrogens is 393 g/mol. The van der Waals surface area contributed by atoms with Gasteiger partial charge in [0.2, 0.25) is 0 Å². The zero-order chi connectivity index (χ0) is 18.7. The average molecular weight is 415 g/mol. The number of aromatic nitrogens is 1. The van der Waals surface area contributed by atoms with Crippen molar-refractivity contribution >= 4 is 45.6 Å². The van der Waals surface area contributed by atoms with Gasteiger partial charge in [0.25, 0.3) is 5.91 Å². The van der Waals surface area contributed by atoms with Gasteiger partial charge in [-0.25, -0.2) is 4.98 Å². The molecular formula is C18H22Cl2N3O2S+. The average Bonchev–Trinajstić information content (AvgIpc) is 2.97. The Morgan fingerprint density at radius 3 is 2.81 bits per heavy atom. The Balaban J connectivity index is 1.56. The van der Waals surface area contributed by atoms with E-state index in [1.54, 1.807) is 12.3 Å². The number of nitrogens with one attached hydrogen (secondary N) is 2. The summed E-state index contributed by atoms with van der Waals surface area (Å²) in [7, 11) is 0. The summed E-state index contributed by atoms with van der Waals surface area (Å²) in [6.07, 6.45) is 2.76. The minimum absolute atomic E-state index is 0.0250. The van der Waals surface area contributed by atoms with Crippen LogP contribution in [0.15, 0.2) is 24.4 Å². The molecule has 1 aromatic carbocycles. The smallest absolute Gasteiger partial charge is 0.281 e. The number of morpholine rings is 1. The van der Waals surface area contributed by atoms with Crippen LogP contribution in [-0.4, -0.2) is 42.7 Å². The number of hydrogen-bond acceptors (Lipinski definition) is 4. The normalized spacial score (nSPS) is 23.0. The number of hydrogen-bond donors (Lipinski definition) is 2. The number of halogens is 2. The molecule has 1 unspecified atom stereocenters. The minimum Gasteiger partial charge on any atom is -0.364 e. The molecule has 1 saturated heterocycles. The van der Waals surface area contributed by atoms with E-state index in [1.807, 2.05) is 26.0 Å². The molecule has 2 heterocycles. The summed E-state index contributed by atoms with van der Waals surface area (Å²) in [5.74, 6) is -0.0250. The highest BCUT2D eigenvalue weighted by Crippen LogP contribution is 2.29. The van der Waals surface area contributed by atoms with E-state index in [1.165, 1.54) is 16.2 Å². The van der Waals surface area contributed by atoms with E-state index in [-0.39, 0.29) is 18.1 Å². The van der Waals surface area contributed by atoms with Crippen LogP contribution in [0.25, 0.3) is 0 Å². The van der Waals surface area contributed by atoms with Crippen molar-refractivity contribution in [3.05, 3.63) is 44.9 Å². The molecule has 140 valence electrons. The number of carbonyl (C=O) groups excluding carboxylic acids is 1. The van der Waals surface area contributed by atoms with E-state index in [0.717, 1.165) is 23.5 Å². The van der Waals surface area contributed by atoms with Crippen LogP contribution >= 0.6 is 34.5 Å². The van der Waals surface area contributed by atoms with E-state index in [0.29, 0.717) is 28.1 Å². The Bertz CT molecular complexity index is 774. The Kier molecular flexibility index (Phi) is 6.53. The molecule has 0 saturated carbocycles. The van der Waals surface area contributed by atoms with Crippen molar-refractivity contribution < 1.29 is 14.4 Å². The van der Waals surface area contributed by atoms with Crippen LogP contribution in [0.2, 0.25) is 10.0 Å². The first-order chi connectivity index (χ1) is 12.4. The van der Waals surface area contributed by atoms with E-state index < -0.39 is 0 Å². The number of ether oxygens (including phenoxy) is 1. The van der Waals surface area contributed by atoms with E-state index >= 15 is 0 Å². The summed E-state index contributed by atoms with van der Waals surface area (Å²) in [5.41, 5.74) is 0.946. The van der Waals surface area contributed by atoms with Crippen molar-refractivity contribution in [2.24, 2.45) is 0 Å². The van der Waals surface area contributed by atoms with E-state index in [2.05, 4.69) is 10.3 Å². The summed E-state index contributed by atoms with van der Waals surface area (Å²) in [6.45, 7) is 6.19. The van der Waals surface area contributed by atoms with Gasteiger partial charge in [0.15, 0.2) is 11.7 Å². The van der Waals surface area contributed by atoms with Gasteiger partial charge in [-0.15, -0.1) is 11.3 Å². The van der Waals surface area contributed by atoms with Gasteiger partial charge in [-0.3, -0.25) is 10.1 Å². The number of quaternary nitrogens is 1. The Morgan fingerprint density at radius 2 is 2.08 bits per heavy atom. The summed E-state index contributed by atoms with van der Waals surface area (Å²) in [5, 5.41) is 4.61. The van der Waals surface area contributed by atoms with Crippen molar-refractivity contribution in [3.8, 4) is 0 Å². The molecule has 8 heteroatoms. The fourth-order valence-electron chi connectivity index (χ4n) is 3.24. The predicted octanol–water partition coefficient (Wildman–Crippen LogP) is 2.67. The maximum atomic E-state index is 12.3. The lowest BCUT2D eigenvalue weighted by Crippen LogP contribution is -3.16. The fourth-order valence-corrected chi connectivity index (χ4v) is 4.48. The zero-order valence-corrected chi connectivity index (χ0v) is 17.0. The quantitative estimate of drug-likeness (QED) is 0.790. The number of nitrogens with zero attached hydrogens (tertiary/aromatic N) is 1. The van der Waals surface area contributed by atoms with Gasteiger partial charge in [-0.05, 0) is 25.5 Å². The van der Waals surface area contributed by atoms with E-state index in [4.69, 9.17) is 27.9 Å². The molecule has 1 aliphatic rings. The van der Waals surface area contributed by atoms with Gasteiger partial charge in [0.05, 0.1) is 10.0 Å². The summed E-state index contributed by atoms with van der Waals surface area (Å²) in [6, 6.07) is 5.58. The molecule has 2 N–H and O–H groups in total. The van der Waals surface area contributed by atoms with Gasteiger partial charge in [0, 0.05) is 17.5 Å². The standard InChI is InChI=1S/C18H21Cl2N3O2S/c1-11-8-23(9-12(2)25-11)10-16(24)22-18-21-7-14(26-18)6-13-4-3-5-15(19)17(13)20/h3-5,7,11-12H,6,8-10H2,1-2H3,(H,21,22,24)/p+1/t11-,12+. The van der Waals surface area contributed by atoms with Crippen LogP contribution in [0.1, 0.15) is 24.3 Å². The zero-order valence-electron chi connectivity index (χ0n) is 14.7. The molecule has 0 radical (unpaired) electrons. The maximum Gasteiger partial charge on any atom is 0.281 e. The van der Waals surface area contributed by atoms with Crippen LogP contribution in [0.5, 0.6) is 0 Å². The van der Waals surface area contributed by atoms with Crippen molar-refractivity contribution in [1.29, 1.82) is 0 Å².